The molecule has 0 radical (unpaired) electrons. The molecule has 3 N–H and O–H groups in total. The first-order chi connectivity index (χ1) is 8.00. The minimum Gasteiger partial charge on any atom is -0.463 e. The quantitative estimate of drug-likeness (QED) is 0.804. The number of aromatic nitrogens is 1. The summed E-state index contributed by atoms with van der Waals surface area (Å²) in [6.07, 6.45) is -2.08. The Labute approximate surface area is 97.0 Å². The molecule has 1 atom stereocenters. The third-order valence-corrected chi connectivity index (χ3v) is 1.89. The van der Waals surface area contributed by atoms with Gasteiger partial charge in [0.1, 0.15) is 0 Å². The molecule has 0 spiro atoms. The average molecular weight is 245 g/mol. The highest BCUT2D eigenvalue weighted by atomic mass is 19.3. The molecule has 0 aliphatic heterocycles. The first-order valence-corrected chi connectivity index (χ1v) is 4.93. The van der Waals surface area contributed by atoms with E-state index in [0.717, 1.165) is 0 Å². The fraction of sp³-hybridized carbons (Fsp3) is 0.400. The number of carbonyl (C=O) groups is 1. The lowest BCUT2D eigenvalue weighted by Gasteiger charge is -2.14. The van der Waals surface area contributed by atoms with E-state index >= 15 is 0 Å². The van der Waals surface area contributed by atoms with E-state index in [1.165, 1.54) is 13.1 Å². The molecule has 1 unspecified atom stereocenters. The molecule has 1 rings (SSSR count). The van der Waals surface area contributed by atoms with Crippen molar-refractivity contribution in [1.82, 2.24) is 10.3 Å². The summed E-state index contributed by atoms with van der Waals surface area (Å²) in [6, 6.07) is 3.18. The Morgan fingerprint density at radius 3 is 2.94 bits per heavy atom. The summed E-state index contributed by atoms with van der Waals surface area (Å²) in [5, 5.41) is 2.04. The van der Waals surface area contributed by atoms with Gasteiger partial charge in [0.2, 0.25) is 5.88 Å². The first-order valence-electron chi connectivity index (χ1n) is 4.93. The number of carbonyl (C=O) groups excluding carboxylic acids is 1. The number of ether oxygens (including phenoxy) is 1. The SMILES string of the molecule is CC(Oc1ncccc1N)C(=O)NCC(F)F. The molecule has 0 aliphatic carbocycles. The molecule has 7 heteroatoms. The van der Waals surface area contributed by atoms with E-state index in [-0.39, 0.29) is 11.6 Å². The van der Waals surface area contributed by atoms with Gasteiger partial charge in [-0.2, -0.15) is 0 Å². The zero-order valence-corrected chi connectivity index (χ0v) is 9.19. The van der Waals surface area contributed by atoms with Crippen molar-refractivity contribution in [2.24, 2.45) is 0 Å². The second kappa shape index (κ2) is 5.97. The van der Waals surface area contributed by atoms with Crippen LogP contribution in [0.1, 0.15) is 6.92 Å². The van der Waals surface area contributed by atoms with Crippen LogP contribution in [0, 0.1) is 0 Å². The Morgan fingerprint density at radius 1 is 1.65 bits per heavy atom. The van der Waals surface area contributed by atoms with E-state index in [1.54, 1.807) is 12.1 Å². The van der Waals surface area contributed by atoms with Crippen molar-refractivity contribution in [3.63, 3.8) is 0 Å². The molecule has 94 valence electrons. The van der Waals surface area contributed by atoms with Gasteiger partial charge in [0.25, 0.3) is 12.3 Å². The van der Waals surface area contributed by atoms with Crippen LogP contribution in [0.4, 0.5) is 14.5 Å². The molecule has 0 aliphatic rings. The fourth-order valence-corrected chi connectivity index (χ4v) is 1.04. The summed E-state index contributed by atoms with van der Waals surface area (Å²) in [5.74, 6) is -0.539. The number of anilines is 1. The van der Waals surface area contributed by atoms with E-state index < -0.39 is 25.0 Å². The number of alkyl halides is 2. The summed E-state index contributed by atoms with van der Waals surface area (Å²) < 4.78 is 28.9. The van der Waals surface area contributed by atoms with Gasteiger partial charge in [0, 0.05) is 6.20 Å². The van der Waals surface area contributed by atoms with Crippen molar-refractivity contribution < 1.29 is 18.3 Å². The predicted molar refractivity (Wildman–Crippen MR) is 57.8 cm³/mol. The van der Waals surface area contributed by atoms with E-state index in [4.69, 9.17) is 10.5 Å². The zero-order valence-electron chi connectivity index (χ0n) is 9.19. The normalized spacial score (nSPS) is 12.2. The van der Waals surface area contributed by atoms with E-state index in [2.05, 4.69) is 4.98 Å². The molecular formula is C10H13F2N3O2. The van der Waals surface area contributed by atoms with Gasteiger partial charge in [0.05, 0.1) is 12.2 Å². The molecule has 1 aromatic heterocycles. The number of hydrogen-bond donors (Lipinski definition) is 2. The van der Waals surface area contributed by atoms with Gasteiger partial charge in [-0.05, 0) is 19.1 Å². The summed E-state index contributed by atoms with van der Waals surface area (Å²) in [5.41, 5.74) is 5.83. The summed E-state index contributed by atoms with van der Waals surface area (Å²) in [7, 11) is 0. The monoisotopic (exact) mass is 245 g/mol. The molecule has 5 nitrogen and oxygen atoms in total. The van der Waals surface area contributed by atoms with Crippen LogP contribution in [0.25, 0.3) is 0 Å². The van der Waals surface area contributed by atoms with E-state index in [1.807, 2.05) is 5.32 Å². The maximum Gasteiger partial charge on any atom is 0.261 e. The number of amides is 1. The highest BCUT2D eigenvalue weighted by Crippen LogP contribution is 2.17. The van der Waals surface area contributed by atoms with E-state index in [0.29, 0.717) is 0 Å². The number of halogens is 2. The minimum atomic E-state index is -2.59. The van der Waals surface area contributed by atoms with Crippen LogP contribution in [0.5, 0.6) is 5.88 Å². The fourth-order valence-electron chi connectivity index (χ4n) is 1.04. The molecular weight excluding hydrogens is 232 g/mol. The number of rotatable bonds is 5. The number of hydrogen-bond acceptors (Lipinski definition) is 4. The smallest absolute Gasteiger partial charge is 0.261 e. The highest BCUT2D eigenvalue weighted by molar-refractivity contribution is 5.80. The van der Waals surface area contributed by atoms with Crippen molar-refractivity contribution >= 4 is 11.6 Å². The van der Waals surface area contributed by atoms with Gasteiger partial charge in [0.15, 0.2) is 6.10 Å². The molecule has 1 amide bonds. The van der Waals surface area contributed by atoms with Crippen LogP contribution in [0.3, 0.4) is 0 Å². The van der Waals surface area contributed by atoms with Crippen molar-refractivity contribution in [3.05, 3.63) is 18.3 Å². The first kappa shape index (κ1) is 13.1. The van der Waals surface area contributed by atoms with Crippen LogP contribution < -0.4 is 15.8 Å². The average Bonchev–Trinajstić information content (AvgIpc) is 2.28. The van der Waals surface area contributed by atoms with Crippen molar-refractivity contribution in [3.8, 4) is 5.88 Å². The van der Waals surface area contributed by atoms with Gasteiger partial charge < -0.3 is 15.8 Å². The van der Waals surface area contributed by atoms with Crippen LogP contribution in [0.15, 0.2) is 18.3 Å². The van der Waals surface area contributed by atoms with Crippen molar-refractivity contribution in [2.75, 3.05) is 12.3 Å². The number of nitrogens with two attached hydrogens (primary N) is 1. The summed E-state index contributed by atoms with van der Waals surface area (Å²) in [6.45, 7) is 0.721. The molecule has 1 heterocycles. The van der Waals surface area contributed by atoms with Crippen LogP contribution in [0.2, 0.25) is 0 Å². The molecule has 0 saturated carbocycles. The van der Waals surface area contributed by atoms with Gasteiger partial charge >= 0.3 is 0 Å². The second-order valence-electron chi connectivity index (χ2n) is 3.29. The van der Waals surface area contributed by atoms with Gasteiger partial charge in [-0.15, -0.1) is 0 Å². The summed E-state index contributed by atoms with van der Waals surface area (Å²) in [4.78, 5) is 15.1. The highest BCUT2D eigenvalue weighted by Gasteiger charge is 2.17. The number of nitrogen functional groups attached to an aromatic ring is 1. The predicted octanol–water partition coefficient (Wildman–Crippen LogP) is 0.812. The minimum absolute atomic E-state index is 0.104. The number of pyridine rings is 1. The van der Waals surface area contributed by atoms with Gasteiger partial charge in [-0.3, -0.25) is 4.79 Å². The Kier molecular flexibility index (Phi) is 4.62. The zero-order chi connectivity index (χ0) is 12.8. The molecule has 0 saturated heterocycles. The number of nitrogens with zero attached hydrogens (tertiary/aromatic N) is 1. The van der Waals surface area contributed by atoms with Crippen molar-refractivity contribution in [1.29, 1.82) is 0 Å². The lowest BCUT2D eigenvalue weighted by Crippen LogP contribution is -2.38. The van der Waals surface area contributed by atoms with Crippen LogP contribution >= 0.6 is 0 Å². The largest absolute Gasteiger partial charge is 0.463 e. The lowest BCUT2D eigenvalue weighted by molar-refractivity contribution is -0.128. The Hall–Kier alpha value is -1.92. The topological polar surface area (TPSA) is 77.2 Å². The standard InChI is InChI=1S/C10H13F2N3O2/c1-6(9(16)15-5-8(11)12)17-10-7(13)3-2-4-14-10/h2-4,6,8H,5,13H2,1H3,(H,15,16). The third-order valence-electron chi connectivity index (χ3n) is 1.89. The molecule has 1 aromatic rings. The second-order valence-corrected chi connectivity index (χ2v) is 3.29. The Bertz CT molecular complexity index is 388. The van der Waals surface area contributed by atoms with Crippen molar-refractivity contribution in [2.45, 2.75) is 19.5 Å². The maximum atomic E-state index is 11.9. The van der Waals surface area contributed by atoms with E-state index in [9.17, 15) is 13.6 Å². The van der Waals surface area contributed by atoms with Crippen LogP contribution in [-0.2, 0) is 4.79 Å². The maximum absolute atomic E-state index is 11.9. The van der Waals surface area contributed by atoms with Crippen LogP contribution in [-0.4, -0.2) is 30.0 Å². The molecule has 17 heavy (non-hydrogen) atoms. The Balaban J connectivity index is 2.51. The molecule has 0 bridgehead atoms. The third kappa shape index (κ3) is 4.21. The summed E-state index contributed by atoms with van der Waals surface area (Å²) >= 11 is 0. The Morgan fingerprint density at radius 2 is 2.35 bits per heavy atom. The van der Waals surface area contributed by atoms with Gasteiger partial charge in [-0.25, -0.2) is 13.8 Å². The number of nitrogens with one attached hydrogen (secondary N) is 1. The lowest BCUT2D eigenvalue weighted by atomic mass is 10.3. The van der Waals surface area contributed by atoms with Gasteiger partial charge in [-0.1, -0.05) is 0 Å². The molecule has 0 fully saturated rings. The molecule has 0 aromatic carbocycles.